The van der Waals surface area contributed by atoms with Crippen LogP contribution in [0.1, 0.15) is 10.4 Å². The van der Waals surface area contributed by atoms with E-state index < -0.39 is 5.97 Å². The summed E-state index contributed by atoms with van der Waals surface area (Å²) in [4.78, 5) is 12.2. The molecule has 0 atom stereocenters. The van der Waals surface area contributed by atoms with Crippen molar-refractivity contribution in [2.45, 2.75) is 0 Å². The lowest BCUT2D eigenvalue weighted by molar-refractivity contribution is 0.0697. The Kier molecular flexibility index (Phi) is 7.20. The van der Waals surface area contributed by atoms with Gasteiger partial charge in [-0.05, 0) is 146 Å². The van der Waals surface area contributed by atoms with Gasteiger partial charge in [0.15, 0.2) is 18.6 Å². The predicted molar refractivity (Wildman–Crippen MR) is 160 cm³/mol. The van der Waals surface area contributed by atoms with Crippen LogP contribution in [-0.4, -0.2) is 21.3 Å². The number of aromatic carboxylic acids is 1. The lowest BCUT2D eigenvalue weighted by Gasteiger charge is -2.14. The molecule has 31 heavy (non-hydrogen) atoms. The van der Waals surface area contributed by atoms with Crippen LogP contribution < -0.4 is 0 Å². The van der Waals surface area contributed by atoms with Crippen LogP contribution in [0.25, 0.3) is 33.1 Å². The topological polar surface area (TPSA) is 89.1 Å². The third-order valence-electron chi connectivity index (χ3n) is 4.62. The molecule has 0 spiro atoms. The van der Waals surface area contributed by atoms with Gasteiger partial charge in [-0.2, -0.15) is 0 Å². The summed E-state index contributed by atoms with van der Waals surface area (Å²) in [5.74, 6) is -0.907. The Morgan fingerprint density at radius 3 is 1.77 bits per heavy atom. The molecular formula is C20H7Br2I4O5+. The van der Waals surface area contributed by atoms with Crippen LogP contribution in [0.2, 0.25) is 0 Å². The molecule has 0 saturated heterocycles. The number of halogens is 6. The second-order valence-electron chi connectivity index (χ2n) is 6.36. The first-order chi connectivity index (χ1) is 14.5. The summed E-state index contributed by atoms with van der Waals surface area (Å²) in [5, 5.41) is 32.3. The van der Waals surface area contributed by atoms with E-state index in [1.54, 1.807) is 24.3 Å². The summed E-state index contributed by atoms with van der Waals surface area (Å²) in [7, 11) is 0. The first kappa shape index (κ1) is 24.4. The predicted octanol–water partition coefficient (Wildman–Crippen LogP) is 8.59. The number of phenols is 2. The zero-order chi connectivity index (χ0) is 22.8. The summed E-state index contributed by atoms with van der Waals surface area (Å²) in [6.07, 6.45) is 0. The highest BCUT2D eigenvalue weighted by Gasteiger charge is 2.32. The second kappa shape index (κ2) is 9.14. The molecule has 3 N–H and O–H groups in total. The largest absolute Gasteiger partial charge is 0.505 e. The van der Waals surface area contributed by atoms with Gasteiger partial charge in [-0.1, -0.05) is 0 Å². The van der Waals surface area contributed by atoms with E-state index in [-0.39, 0.29) is 17.1 Å². The van der Waals surface area contributed by atoms with Crippen molar-refractivity contribution in [2.75, 3.05) is 0 Å². The zero-order valence-corrected chi connectivity index (χ0v) is 26.5. The molecule has 0 bridgehead atoms. The maximum absolute atomic E-state index is 12.2. The zero-order valence-electron chi connectivity index (χ0n) is 14.7. The van der Waals surface area contributed by atoms with Crippen molar-refractivity contribution < 1.29 is 24.5 Å². The van der Waals surface area contributed by atoms with Gasteiger partial charge in [0.05, 0.1) is 23.5 Å². The number of aromatic hydroxyl groups is 2. The van der Waals surface area contributed by atoms with E-state index in [4.69, 9.17) is 4.42 Å². The van der Waals surface area contributed by atoms with Crippen molar-refractivity contribution in [1.29, 1.82) is 0 Å². The van der Waals surface area contributed by atoms with Crippen LogP contribution in [0.5, 0.6) is 11.5 Å². The highest BCUT2D eigenvalue weighted by Crippen LogP contribution is 2.48. The molecule has 1 heterocycles. The minimum absolute atomic E-state index is 0.0826. The van der Waals surface area contributed by atoms with Crippen LogP contribution in [-0.2, 0) is 0 Å². The van der Waals surface area contributed by atoms with Crippen molar-refractivity contribution >= 4 is 150 Å². The first-order valence-electron chi connectivity index (χ1n) is 8.23. The molecule has 11 heteroatoms. The SMILES string of the molecule is O=C(O)c1ccc(Br)c(Br)c1-c1c2cc(I)c(O)c(I)c2[o+]c2c(I)c(O)c(I)cc12. The van der Waals surface area contributed by atoms with E-state index in [2.05, 4.69) is 31.9 Å². The van der Waals surface area contributed by atoms with Crippen molar-refractivity contribution in [2.24, 2.45) is 0 Å². The van der Waals surface area contributed by atoms with Gasteiger partial charge in [-0.15, -0.1) is 0 Å². The minimum Gasteiger partial charge on any atom is -0.505 e. The third kappa shape index (κ3) is 4.05. The molecule has 0 aliphatic carbocycles. The Hall–Kier alpha value is 0.280. The second-order valence-corrected chi connectivity index (χ2v) is 12.5. The molecule has 5 nitrogen and oxygen atoms in total. The third-order valence-corrected chi connectivity index (χ3v) is 10.3. The number of phenolic OH excluding ortho intramolecular Hbond substituents is 2. The molecule has 0 fully saturated rings. The van der Waals surface area contributed by atoms with Crippen LogP contribution >= 0.6 is 122 Å². The standard InChI is InChI=1S/C20H6Br2I4O5/c21-8-2-1-5(20(29)30)12(13(8)22)11-6-3-9(23)16(27)14(25)18(6)31-19-7(11)4-10(24)17(28)15(19)26/h1-4H,(H2-,27,28,29,30)/p+1. The van der Waals surface area contributed by atoms with Gasteiger partial charge in [0.25, 0.3) is 0 Å². The number of hydrogen-bond acceptors (Lipinski definition) is 3. The minimum atomic E-state index is -1.07. The van der Waals surface area contributed by atoms with Gasteiger partial charge in [-0.3, -0.25) is 0 Å². The van der Waals surface area contributed by atoms with Gasteiger partial charge in [0.1, 0.15) is 0 Å². The molecule has 0 saturated carbocycles. The number of benzene rings is 3. The maximum Gasteiger partial charge on any atom is 0.378 e. The fourth-order valence-corrected chi connectivity index (χ4v) is 7.69. The Morgan fingerprint density at radius 2 is 1.32 bits per heavy atom. The fraction of sp³-hybridized carbons (Fsp3) is 0. The molecule has 0 radical (unpaired) electrons. The van der Waals surface area contributed by atoms with Crippen LogP contribution in [0.4, 0.5) is 0 Å². The van der Waals surface area contributed by atoms with E-state index in [9.17, 15) is 20.1 Å². The summed E-state index contributed by atoms with van der Waals surface area (Å²) < 4.78 is 9.69. The van der Waals surface area contributed by atoms with E-state index >= 15 is 0 Å². The molecule has 4 aromatic rings. The molecule has 0 unspecified atom stereocenters. The van der Waals surface area contributed by atoms with Crippen molar-refractivity contribution in [3.63, 3.8) is 0 Å². The smallest absolute Gasteiger partial charge is 0.378 e. The summed E-state index contributed by atoms with van der Waals surface area (Å²) in [6, 6.07) is 6.77. The molecule has 3 aromatic carbocycles. The van der Waals surface area contributed by atoms with Gasteiger partial charge in [-0.25, -0.2) is 9.21 Å². The van der Waals surface area contributed by atoms with Gasteiger partial charge in [0, 0.05) is 20.1 Å². The Bertz CT molecular complexity index is 1380. The quantitative estimate of drug-likeness (QED) is 0.107. The highest BCUT2D eigenvalue weighted by atomic mass is 127. The number of carbonyl (C=O) groups is 1. The number of hydrogen-bond donors (Lipinski definition) is 3. The normalized spacial score (nSPS) is 11.4. The average Bonchev–Trinajstić information content (AvgIpc) is 2.72. The summed E-state index contributed by atoms with van der Waals surface area (Å²) in [6.45, 7) is 0. The van der Waals surface area contributed by atoms with Gasteiger partial charge >= 0.3 is 17.1 Å². The number of carboxylic acid groups (broad SMARTS) is 1. The molecule has 4 rings (SSSR count). The van der Waals surface area contributed by atoms with E-state index in [1.165, 1.54) is 0 Å². The summed E-state index contributed by atoms with van der Waals surface area (Å²) >= 11 is 15.1. The number of fused-ring (bicyclic) bond motifs is 2. The van der Waals surface area contributed by atoms with Crippen LogP contribution in [0, 0.1) is 14.3 Å². The van der Waals surface area contributed by atoms with E-state index in [0.717, 1.165) is 0 Å². The maximum atomic E-state index is 12.2. The lowest BCUT2D eigenvalue weighted by Crippen LogP contribution is -2.02. The van der Waals surface area contributed by atoms with Gasteiger partial charge < -0.3 is 15.3 Å². The monoisotopic (exact) mass is 992 g/mol. The van der Waals surface area contributed by atoms with Crippen LogP contribution in [0.15, 0.2) is 37.6 Å². The van der Waals surface area contributed by atoms with Gasteiger partial charge in [0.2, 0.25) is 0 Å². The molecular weight excluding hydrogens is 988 g/mol. The Balaban J connectivity index is 2.40. The average molecular weight is 995 g/mol. The number of rotatable bonds is 2. The molecule has 0 aliphatic rings. The lowest BCUT2D eigenvalue weighted by atomic mass is 9.93. The van der Waals surface area contributed by atoms with Crippen molar-refractivity contribution in [3.05, 3.63) is 53.1 Å². The fourth-order valence-electron chi connectivity index (χ4n) is 3.24. The van der Waals surface area contributed by atoms with Crippen molar-refractivity contribution in [1.82, 2.24) is 0 Å². The summed E-state index contributed by atoms with van der Waals surface area (Å²) in [5.41, 5.74) is 2.03. The van der Waals surface area contributed by atoms with Crippen molar-refractivity contribution in [3.8, 4) is 22.6 Å². The molecule has 0 aliphatic heterocycles. The molecule has 158 valence electrons. The molecule has 0 amide bonds. The first-order valence-corrected chi connectivity index (χ1v) is 14.1. The molecule has 1 aromatic heterocycles. The Morgan fingerprint density at radius 1 is 0.839 bits per heavy atom. The Labute approximate surface area is 246 Å². The van der Waals surface area contributed by atoms with E-state index in [0.29, 0.717) is 56.3 Å². The van der Waals surface area contributed by atoms with Crippen LogP contribution in [0.3, 0.4) is 0 Å². The van der Waals surface area contributed by atoms with E-state index in [1.807, 2.05) is 90.4 Å². The highest BCUT2D eigenvalue weighted by molar-refractivity contribution is 14.1. The number of carboxylic acids is 1.